The molecule has 1 heterocycles. The van der Waals surface area contributed by atoms with Crippen LogP contribution in [0.1, 0.15) is 16.3 Å². The predicted octanol–water partition coefficient (Wildman–Crippen LogP) is 4.87. The van der Waals surface area contributed by atoms with Crippen molar-refractivity contribution in [3.63, 3.8) is 0 Å². The summed E-state index contributed by atoms with van der Waals surface area (Å²) in [4.78, 5) is 4.31. The van der Waals surface area contributed by atoms with Crippen LogP contribution in [0.3, 0.4) is 0 Å². The van der Waals surface area contributed by atoms with Crippen molar-refractivity contribution < 1.29 is 4.52 Å². The molecule has 3 nitrogen and oxygen atoms in total. The van der Waals surface area contributed by atoms with E-state index in [1.165, 1.54) is 0 Å². The summed E-state index contributed by atoms with van der Waals surface area (Å²) in [6.45, 7) is 0. The van der Waals surface area contributed by atoms with Crippen LogP contribution in [0.4, 0.5) is 0 Å². The Morgan fingerprint density at radius 2 is 1.70 bits per heavy atom. The Morgan fingerprint density at radius 3 is 2.40 bits per heavy atom. The van der Waals surface area contributed by atoms with E-state index in [0.717, 1.165) is 11.1 Å². The first-order valence-corrected chi connectivity index (χ1v) is 7.32. The van der Waals surface area contributed by atoms with E-state index < -0.39 is 0 Å². The van der Waals surface area contributed by atoms with Crippen molar-refractivity contribution in [1.82, 2.24) is 10.1 Å². The van der Waals surface area contributed by atoms with Gasteiger partial charge in [0.1, 0.15) is 4.83 Å². The zero-order valence-corrected chi connectivity index (χ0v) is 12.7. The van der Waals surface area contributed by atoms with Crippen molar-refractivity contribution in [1.29, 1.82) is 0 Å². The molecule has 1 aromatic heterocycles. The molecule has 0 aliphatic carbocycles. The zero-order chi connectivity index (χ0) is 13.9. The molecule has 3 rings (SSSR count). The van der Waals surface area contributed by atoms with Crippen LogP contribution in [0.15, 0.2) is 59.1 Å². The second kappa shape index (κ2) is 5.77. The first-order chi connectivity index (χ1) is 9.74. The number of hydrogen-bond donors (Lipinski definition) is 0. The molecule has 20 heavy (non-hydrogen) atoms. The number of aromatic nitrogens is 2. The van der Waals surface area contributed by atoms with Crippen molar-refractivity contribution in [3.05, 3.63) is 71.1 Å². The highest BCUT2D eigenvalue weighted by Crippen LogP contribution is 2.30. The molecule has 0 spiro atoms. The molecule has 0 unspecified atom stereocenters. The number of halogens is 2. The highest BCUT2D eigenvalue weighted by atomic mass is 79.9. The van der Waals surface area contributed by atoms with Gasteiger partial charge in [-0.05, 0) is 29.8 Å². The topological polar surface area (TPSA) is 38.9 Å². The van der Waals surface area contributed by atoms with Crippen molar-refractivity contribution in [2.45, 2.75) is 4.83 Å². The van der Waals surface area contributed by atoms with Gasteiger partial charge in [0, 0.05) is 10.6 Å². The Morgan fingerprint density at radius 1 is 1.00 bits per heavy atom. The highest BCUT2D eigenvalue weighted by molar-refractivity contribution is 9.09. The highest BCUT2D eigenvalue weighted by Gasteiger charge is 2.18. The Kier molecular flexibility index (Phi) is 3.85. The first kappa shape index (κ1) is 13.3. The van der Waals surface area contributed by atoms with E-state index >= 15 is 0 Å². The summed E-state index contributed by atoms with van der Waals surface area (Å²) in [6, 6.07) is 17.3. The van der Waals surface area contributed by atoms with Gasteiger partial charge in [0.2, 0.25) is 11.7 Å². The SMILES string of the molecule is Clc1ccc(-c2noc([C@@H](Br)c3ccccc3)n2)cc1. The third-order valence-corrected chi connectivity index (χ3v) is 4.03. The summed E-state index contributed by atoms with van der Waals surface area (Å²) in [5.41, 5.74) is 1.94. The van der Waals surface area contributed by atoms with Crippen LogP contribution < -0.4 is 0 Å². The van der Waals surface area contributed by atoms with Gasteiger partial charge in [-0.15, -0.1) is 0 Å². The Hall–Kier alpha value is -1.65. The maximum absolute atomic E-state index is 5.86. The van der Waals surface area contributed by atoms with E-state index in [1.54, 1.807) is 12.1 Å². The third-order valence-electron chi connectivity index (χ3n) is 2.85. The quantitative estimate of drug-likeness (QED) is 0.633. The minimum Gasteiger partial charge on any atom is -0.337 e. The number of benzene rings is 2. The molecule has 0 radical (unpaired) electrons. The lowest BCUT2D eigenvalue weighted by Crippen LogP contribution is -1.92. The largest absolute Gasteiger partial charge is 0.337 e. The predicted molar refractivity (Wildman–Crippen MR) is 82.0 cm³/mol. The molecule has 0 amide bonds. The number of nitrogens with zero attached hydrogens (tertiary/aromatic N) is 2. The minimum atomic E-state index is -0.114. The van der Waals surface area contributed by atoms with Crippen molar-refractivity contribution >= 4 is 27.5 Å². The average molecular weight is 350 g/mol. The standard InChI is InChI=1S/C15H10BrClN2O/c16-13(10-4-2-1-3-5-10)15-18-14(19-20-15)11-6-8-12(17)9-7-11/h1-9,13H/t13-/m0/s1. The first-order valence-electron chi connectivity index (χ1n) is 6.02. The molecule has 0 fully saturated rings. The molecule has 1 atom stereocenters. The van der Waals surface area contributed by atoms with E-state index in [2.05, 4.69) is 26.1 Å². The van der Waals surface area contributed by atoms with E-state index in [0.29, 0.717) is 16.7 Å². The summed E-state index contributed by atoms with van der Waals surface area (Å²) < 4.78 is 5.32. The second-order valence-corrected chi connectivity index (χ2v) is 5.59. The van der Waals surface area contributed by atoms with E-state index in [1.807, 2.05) is 42.5 Å². The van der Waals surface area contributed by atoms with Crippen LogP contribution in [-0.2, 0) is 0 Å². The molecule has 0 saturated heterocycles. The minimum absolute atomic E-state index is 0.114. The molecule has 0 aliphatic heterocycles. The number of hydrogen-bond acceptors (Lipinski definition) is 3. The second-order valence-electron chi connectivity index (χ2n) is 4.24. The monoisotopic (exact) mass is 348 g/mol. The van der Waals surface area contributed by atoms with Crippen LogP contribution in [0, 0.1) is 0 Å². The summed E-state index contributed by atoms with van der Waals surface area (Å²) in [5, 5.41) is 4.68. The molecule has 0 N–H and O–H groups in total. The zero-order valence-electron chi connectivity index (χ0n) is 10.3. The number of rotatable bonds is 3. The molecule has 100 valence electrons. The average Bonchev–Trinajstić information content (AvgIpc) is 2.98. The van der Waals surface area contributed by atoms with Gasteiger partial charge in [-0.2, -0.15) is 4.98 Å². The maximum atomic E-state index is 5.86. The van der Waals surface area contributed by atoms with Gasteiger partial charge >= 0.3 is 0 Å². The summed E-state index contributed by atoms with van der Waals surface area (Å²) in [6.07, 6.45) is 0. The van der Waals surface area contributed by atoms with Gasteiger partial charge in [0.25, 0.3) is 0 Å². The van der Waals surface area contributed by atoms with Crippen LogP contribution in [0.25, 0.3) is 11.4 Å². The lowest BCUT2D eigenvalue weighted by molar-refractivity contribution is 0.385. The number of alkyl halides is 1. The molecular weight excluding hydrogens is 340 g/mol. The van der Waals surface area contributed by atoms with E-state index in [4.69, 9.17) is 16.1 Å². The van der Waals surface area contributed by atoms with Gasteiger partial charge in [0.05, 0.1) is 0 Å². The molecule has 5 heteroatoms. The molecule has 0 bridgehead atoms. The summed E-state index contributed by atoms with van der Waals surface area (Å²) in [7, 11) is 0. The normalized spacial score (nSPS) is 12.3. The van der Waals surface area contributed by atoms with Crippen molar-refractivity contribution in [3.8, 4) is 11.4 Å². The molecule has 3 aromatic rings. The van der Waals surface area contributed by atoms with Crippen LogP contribution in [-0.4, -0.2) is 10.1 Å². The Balaban J connectivity index is 1.89. The van der Waals surface area contributed by atoms with E-state index in [-0.39, 0.29) is 4.83 Å². The fraction of sp³-hybridized carbons (Fsp3) is 0.0667. The van der Waals surface area contributed by atoms with Crippen LogP contribution in [0.5, 0.6) is 0 Å². The van der Waals surface area contributed by atoms with E-state index in [9.17, 15) is 0 Å². The molecule has 2 aromatic carbocycles. The lowest BCUT2D eigenvalue weighted by Gasteiger charge is -2.03. The van der Waals surface area contributed by atoms with Gasteiger partial charge in [-0.3, -0.25) is 0 Å². The van der Waals surface area contributed by atoms with Crippen LogP contribution in [0.2, 0.25) is 5.02 Å². The summed E-state index contributed by atoms with van der Waals surface area (Å²) >= 11 is 9.44. The molecule has 0 saturated carbocycles. The van der Waals surface area contributed by atoms with Crippen molar-refractivity contribution in [2.75, 3.05) is 0 Å². The maximum Gasteiger partial charge on any atom is 0.245 e. The van der Waals surface area contributed by atoms with Gasteiger partial charge < -0.3 is 4.52 Å². The fourth-order valence-corrected chi connectivity index (χ4v) is 2.44. The van der Waals surface area contributed by atoms with Crippen LogP contribution >= 0.6 is 27.5 Å². The fourth-order valence-electron chi connectivity index (χ4n) is 1.82. The lowest BCUT2D eigenvalue weighted by atomic mass is 10.1. The smallest absolute Gasteiger partial charge is 0.245 e. The third kappa shape index (κ3) is 2.76. The Bertz CT molecular complexity index is 697. The van der Waals surface area contributed by atoms with Gasteiger partial charge in [0.15, 0.2) is 0 Å². The van der Waals surface area contributed by atoms with Crippen molar-refractivity contribution in [2.24, 2.45) is 0 Å². The Labute approximate surface area is 129 Å². The summed E-state index contributed by atoms with van der Waals surface area (Å²) in [5.74, 6) is 1.08. The van der Waals surface area contributed by atoms with Gasteiger partial charge in [-0.1, -0.05) is 63.0 Å². The molecular formula is C15H10BrClN2O. The molecule has 0 aliphatic rings. The van der Waals surface area contributed by atoms with Gasteiger partial charge in [-0.25, -0.2) is 0 Å².